The highest BCUT2D eigenvalue weighted by Crippen LogP contribution is 2.15. The Hall–Kier alpha value is -0.300. The van der Waals surface area contributed by atoms with Gasteiger partial charge in [-0.2, -0.15) is 16.8 Å². The van der Waals surface area contributed by atoms with Crippen molar-refractivity contribution in [3.05, 3.63) is 0 Å². The molecule has 0 saturated heterocycles. The fourth-order valence-corrected chi connectivity index (χ4v) is 2.58. The third kappa shape index (κ3) is 5.25. The van der Waals surface area contributed by atoms with E-state index in [0.717, 1.165) is 13.8 Å². The van der Waals surface area contributed by atoms with Crippen LogP contribution in [0, 0.1) is 0 Å². The van der Waals surface area contributed by atoms with Crippen LogP contribution in [0.2, 0.25) is 0 Å². The number of ether oxygens (including phenoxy) is 1. The van der Waals surface area contributed by atoms with Gasteiger partial charge in [0.25, 0.3) is 20.2 Å². The molecule has 11 heteroatoms. The highest BCUT2D eigenvalue weighted by molar-refractivity contribution is 7.87. The molecule has 0 radical (unpaired) electrons. The van der Waals surface area contributed by atoms with Gasteiger partial charge in [-0.15, -0.1) is 0 Å². The summed E-state index contributed by atoms with van der Waals surface area (Å²) in [6, 6.07) is 0. The van der Waals surface area contributed by atoms with E-state index < -0.39 is 43.3 Å². The van der Waals surface area contributed by atoms with E-state index in [-0.39, 0.29) is 0 Å². The van der Waals surface area contributed by atoms with Gasteiger partial charge in [-0.3, -0.25) is 9.11 Å². The molecule has 0 spiro atoms. The summed E-state index contributed by atoms with van der Waals surface area (Å²) in [4.78, 5) is 0. The standard InChI is InChI=1S/C6H14O9S2/c1-3(7)5(16(9,10)11)15-6(4(2)8)17(12,13)14/h3-8H,1-2H3,(H,9,10,11)(H,12,13,14). The van der Waals surface area contributed by atoms with E-state index in [4.69, 9.17) is 19.3 Å². The Morgan fingerprint density at radius 3 is 1.18 bits per heavy atom. The summed E-state index contributed by atoms with van der Waals surface area (Å²) < 4.78 is 64.8. The van der Waals surface area contributed by atoms with Crippen molar-refractivity contribution in [3.63, 3.8) is 0 Å². The molecular formula is C6H14O9S2. The Labute approximate surface area is 98.5 Å². The molecule has 0 aromatic heterocycles. The van der Waals surface area contributed by atoms with E-state index >= 15 is 0 Å². The Kier molecular flexibility index (Phi) is 5.46. The highest BCUT2D eigenvalue weighted by Gasteiger charge is 2.38. The van der Waals surface area contributed by atoms with Crippen LogP contribution in [-0.2, 0) is 25.0 Å². The van der Waals surface area contributed by atoms with Crippen LogP contribution in [0.3, 0.4) is 0 Å². The Balaban J connectivity index is 5.24. The molecule has 0 aliphatic heterocycles. The normalized spacial score (nSPS) is 20.6. The minimum absolute atomic E-state index is 0.918. The first-order chi connectivity index (χ1) is 7.37. The fourth-order valence-electron chi connectivity index (χ4n) is 0.998. The zero-order valence-corrected chi connectivity index (χ0v) is 10.6. The van der Waals surface area contributed by atoms with Gasteiger partial charge >= 0.3 is 0 Å². The topological polar surface area (TPSA) is 158 Å². The van der Waals surface area contributed by atoms with Crippen molar-refractivity contribution in [3.8, 4) is 0 Å². The smallest absolute Gasteiger partial charge is 0.294 e. The Bertz CT molecular complexity index is 392. The fraction of sp³-hybridized carbons (Fsp3) is 1.00. The van der Waals surface area contributed by atoms with Crippen molar-refractivity contribution in [1.82, 2.24) is 0 Å². The summed E-state index contributed by atoms with van der Waals surface area (Å²) in [6.45, 7) is 1.84. The van der Waals surface area contributed by atoms with Crippen molar-refractivity contribution >= 4 is 20.2 Å². The summed E-state index contributed by atoms with van der Waals surface area (Å²) in [5, 5.41) is 18.0. The number of aliphatic hydroxyl groups is 2. The zero-order chi connectivity index (χ0) is 14.0. The maximum atomic E-state index is 10.8. The van der Waals surface area contributed by atoms with E-state index in [2.05, 4.69) is 4.74 Å². The second-order valence-corrected chi connectivity index (χ2v) is 6.37. The number of rotatable bonds is 6. The molecule has 0 aromatic carbocycles. The van der Waals surface area contributed by atoms with Crippen LogP contribution in [0.15, 0.2) is 0 Å². The van der Waals surface area contributed by atoms with Crippen molar-refractivity contribution < 1.29 is 40.9 Å². The first-order valence-electron chi connectivity index (χ1n) is 4.31. The summed E-state index contributed by atoms with van der Waals surface area (Å²) in [6.07, 6.45) is -3.54. The third-order valence-electron chi connectivity index (χ3n) is 1.64. The molecule has 0 aliphatic rings. The van der Waals surface area contributed by atoms with Crippen molar-refractivity contribution in [2.45, 2.75) is 36.9 Å². The molecular weight excluding hydrogens is 280 g/mol. The molecule has 0 rings (SSSR count). The van der Waals surface area contributed by atoms with E-state index in [9.17, 15) is 16.8 Å². The average Bonchev–Trinajstić information content (AvgIpc) is 1.96. The summed E-state index contributed by atoms with van der Waals surface area (Å²) >= 11 is 0. The largest absolute Gasteiger partial charge is 0.389 e. The molecule has 4 unspecified atom stereocenters. The summed E-state index contributed by atoms with van der Waals surface area (Å²) in [5.41, 5.74) is -4.60. The predicted octanol–water partition coefficient (Wildman–Crippen LogP) is -1.81. The van der Waals surface area contributed by atoms with E-state index in [1.165, 1.54) is 0 Å². The van der Waals surface area contributed by atoms with Gasteiger partial charge in [-0.25, -0.2) is 0 Å². The molecule has 9 nitrogen and oxygen atoms in total. The highest BCUT2D eigenvalue weighted by atomic mass is 32.2. The second-order valence-electron chi connectivity index (χ2n) is 3.38. The van der Waals surface area contributed by atoms with Crippen molar-refractivity contribution in [2.24, 2.45) is 0 Å². The van der Waals surface area contributed by atoms with Crippen LogP contribution in [0.4, 0.5) is 0 Å². The van der Waals surface area contributed by atoms with E-state index in [0.29, 0.717) is 0 Å². The van der Waals surface area contributed by atoms with Gasteiger partial charge in [0.1, 0.15) is 0 Å². The van der Waals surface area contributed by atoms with Crippen LogP contribution in [0.25, 0.3) is 0 Å². The Morgan fingerprint density at radius 1 is 0.824 bits per heavy atom. The van der Waals surface area contributed by atoms with Gasteiger partial charge in [0.05, 0.1) is 12.2 Å². The molecule has 0 fully saturated rings. The lowest BCUT2D eigenvalue weighted by molar-refractivity contribution is -0.0446. The molecule has 4 atom stereocenters. The molecule has 0 amide bonds. The van der Waals surface area contributed by atoms with Gasteiger partial charge in [0.15, 0.2) is 0 Å². The molecule has 0 saturated carbocycles. The summed E-state index contributed by atoms with van der Waals surface area (Å²) in [7, 11) is -9.82. The monoisotopic (exact) mass is 294 g/mol. The third-order valence-corrected chi connectivity index (χ3v) is 3.83. The summed E-state index contributed by atoms with van der Waals surface area (Å²) in [5.74, 6) is 0. The number of hydrogen-bond acceptors (Lipinski definition) is 7. The molecule has 0 aliphatic carbocycles. The van der Waals surface area contributed by atoms with E-state index in [1.54, 1.807) is 0 Å². The number of aliphatic hydroxyl groups excluding tert-OH is 2. The van der Waals surface area contributed by atoms with Gasteiger partial charge < -0.3 is 14.9 Å². The van der Waals surface area contributed by atoms with Crippen LogP contribution in [0.1, 0.15) is 13.8 Å². The lowest BCUT2D eigenvalue weighted by atomic mass is 10.4. The SMILES string of the molecule is CC(O)C(OC(C(C)O)S(=O)(=O)O)S(=O)(=O)O. The second kappa shape index (κ2) is 5.56. The van der Waals surface area contributed by atoms with E-state index in [1.807, 2.05) is 0 Å². The van der Waals surface area contributed by atoms with Crippen molar-refractivity contribution in [2.75, 3.05) is 0 Å². The van der Waals surface area contributed by atoms with Crippen LogP contribution in [-0.4, -0.2) is 59.2 Å². The maximum absolute atomic E-state index is 10.8. The minimum atomic E-state index is -4.91. The van der Waals surface area contributed by atoms with Crippen LogP contribution < -0.4 is 0 Å². The quantitative estimate of drug-likeness (QED) is 0.414. The van der Waals surface area contributed by atoms with Crippen LogP contribution in [0.5, 0.6) is 0 Å². The van der Waals surface area contributed by atoms with Gasteiger partial charge in [-0.1, -0.05) is 0 Å². The molecule has 4 N–H and O–H groups in total. The lowest BCUT2D eigenvalue weighted by Crippen LogP contribution is -2.44. The Morgan fingerprint density at radius 2 is 1.06 bits per heavy atom. The first-order valence-corrected chi connectivity index (χ1v) is 7.32. The average molecular weight is 294 g/mol. The predicted molar refractivity (Wildman–Crippen MR) is 55.1 cm³/mol. The number of hydrogen-bond donors (Lipinski definition) is 4. The van der Waals surface area contributed by atoms with Gasteiger partial charge in [0.2, 0.25) is 10.9 Å². The molecule has 0 heterocycles. The maximum Gasteiger partial charge on any atom is 0.294 e. The van der Waals surface area contributed by atoms with Crippen molar-refractivity contribution in [1.29, 1.82) is 0 Å². The lowest BCUT2D eigenvalue weighted by Gasteiger charge is -2.24. The zero-order valence-electron chi connectivity index (χ0n) is 8.96. The van der Waals surface area contributed by atoms with Gasteiger partial charge in [0, 0.05) is 0 Å². The minimum Gasteiger partial charge on any atom is -0.389 e. The molecule has 17 heavy (non-hydrogen) atoms. The molecule has 0 aromatic rings. The first kappa shape index (κ1) is 16.7. The molecule has 0 bridgehead atoms. The molecule has 104 valence electrons. The van der Waals surface area contributed by atoms with Crippen LogP contribution >= 0.6 is 0 Å². The van der Waals surface area contributed by atoms with Gasteiger partial charge in [-0.05, 0) is 13.8 Å².